The molecule has 0 unspecified atom stereocenters. The first kappa shape index (κ1) is 29.0. The molecule has 2 saturated carbocycles. The minimum absolute atomic E-state index is 0.0190. The number of aromatic nitrogens is 5. The van der Waals surface area contributed by atoms with Crippen LogP contribution in [0.25, 0.3) is 55.7 Å². The number of nitrogens with one attached hydrogen (secondary N) is 1. The highest BCUT2D eigenvalue weighted by Crippen LogP contribution is 2.40. The van der Waals surface area contributed by atoms with Crippen LogP contribution in [0, 0.1) is 18.8 Å². The molecule has 244 valence electrons. The predicted octanol–water partition coefficient (Wildman–Crippen LogP) is 5.09. The molecule has 5 heterocycles. The molecule has 3 atom stereocenters. The van der Waals surface area contributed by atoms with Gasteiger partial charge in [-0.2, -0.15) is 0 Å². The van der Waals surface area contributed by atoms with E-state index in [1.54, 1.807) is 20.1 Å². The number of carbonyl (C=O) groups excluding carboxylic acids is 1. The molecule has 1 aliphatic heterocycles. The van der Waals surface area contributed by atoms with Gasteiger partial charge in [0.2, 0.25) is 0 Å². The van der Waals surface area contributed by atoms with Crippen LogP contribution < -0.4 is 16.0 Å². The third-order valence-electron chi connectivity index (χ3n) is 10.9. The van der Waals surface area contributed by atoms with E-state index >= 15 is 0 Å². The van der Waals surface area contributed by atoms with Crippen LogP contribution in [0.5, 0.6) is 11.5 Å². The second kappa shape index (κ2) is 10.4. The number of ether oxygens (including phenoxy) is 1. The number of nitrogens with zero attached hydrogens (tertiary/aromatic N) is 5. The Kier molecular flexibility index (Phi) is 6.30. The van der Waals surface area contributed by atoms with E-state index in [-0.39, 0.29) is 34.9 Å². The summed E-state index contributed by atoms with van der Waals surface area (Å²) in [7, 11) is 3.61. The molecular weight excluding hydrogens is 606 g/mol. The molecule has 4 aromatic heterocycles. The monoisotopic (exact) mass is 643 g/mol. The van der Waals surface area contributed by atoms with Crippen LogP contribution in [0.15, 0.2) is 53.3 Å². The van der Waals surface area contributed by atoms with Gasteiger partial charge in [-0.15, -0.1) is 0 Å². The maximum atomic E-state index is 13.8. The molecule has 11 heteroatoms. The quantitative estimate of drug-likeness (QED) is 0.229. The van der Waals surface area contributed by atoms with E-state index in [0.29, 0.717) is 46.1 Å². The van der Waals surface area contributed by atoms with Gasteiger partial charge in [0.25, 0.3) is 11.5 Å². The van der Waals surface area contributed by atoms with Crippen molar-refractivity contribution in [2.24, 2.45) is 24.6 Å². The third-order valence-corrected chi connectivity index (χ3v) is 10.9. The fourth-order valence-electron chi connectivity index (χ4n) is 8.02. The molecule has 11 nitrogen and oxygen atoms in total. The number of carbonyl (C=O) groups is 1. The molecule has 2 aliphatic carbocycles. The molecule has 1 saturated heterocycles. The average molecular weight is 644 g/mol. The summed E-state index contributed by atoms with van der Waals surface area (Å²) in [6.07, 6.45) is 4.38. The molecule has 9 rings (SSSR count). The molecule has 0 spiro atoms. The minimum Gasteiger partial charge on any atom is -0.507 e. The second-order valence-electron chi connectivity index (χ2n) is 13.9. The van der Waals surface area contributed by atoms with E-state index in [9.17, 15) is 14.7 Å². The van der Waals surface area contributed by atoms with Gasteiger partial charge in [0, 0.05) is 54.1 Å². The summed E-state index contributed by atoms with van der Waals surface area (Å²) in [5, 5.41) is 12.3. The van der Waals surface area contributed by atoms with Gasteiger partial charge in [-0.05, 0) is 86.9 Å². The summed E-state index contributed by atoms with van der Waals surface area (Å²) in [4.78, 5) is 41.0. The van der Waals surface area contributed by atoms with Crippen molar-refractivity contribution in [3.05, 3.63) is 70.0 Å². The number of amides is 1. The first-order chi connectivity index (χ1) is 23.2. The third kappa shape index (κ3) is 4.30. The van der Waals surface area contributed by atoms with E-state index in [2.05, 4.69) is 21.7 Å². The maximum Gasteiger partial charge on any atom is 0.255 e. The zero-order valence-electron chi connectivity index (χ0n) is 27.2. The number of nitrogens with two attached hydrogens (primary N) is 1. The van der Waals surface area contributed by atoms with Gasteiger partial charge in [0.1, 0.15) is 22.7 Å². The first-order valence-corrected chi connectivity index (χ1v) is 16.7. The number of pyridine rings is 2. The van der Waals surface area contributed by atoms with Crippen LogP contribution in [0.1, 0.15) is 41.6 Å². The number of hydrogen-bond acceptors (Lipinski definition) is 7. The molecule has 2 aromatic carbocycles. The molecule has 48 heavy (non-hydrogen) atoms. The summed E-state index contributed by atoms with van der Waals surface area (Å²) in [6.45, 7) is 3.13. The Labute approximate surface area is 276 Å². The van der Waals surface area contributed by atoms with Crippen molar-refractivity contribution in [2.45, 2.75) is 51.2 Å². The standard InChI is InChI=1S/C37H37N7O4/c1-18-33(45)24-12-20(6-10-26(24)41-36(18)46)25-9-7-21-14-29(43(34(21)39-25)16-19-4-5-19)35-40-27-13-23(15-30(48-3)32(27)42(35)2)37(47)44-17-22-8-11-28(44)31(22)38/h6-7,9-10,12-15,19,22,28,31H,4-5,8,11,16-17,38H2,1-3H3,(H2,41,45,46)/t22-,28-,31-/m1/s1. The summed E-state index contributed by atoms with van der Waals surface area (Å²) >= 11 is 0. The molecule has 0 radical (unpaired) electrons. The van der Waals surface area contributed by atoms with Crippen molar-refractivity contribution in [2.75, 3.05) is 13.7 Å². The topological polar surface area (TPSA) is 144 Å². The number of aryl methyl sites for hydroxylation is 1. The Morgan fingerprint density at radius 1 is 1.08 bits per heavy atom. The van der Waals surface area contributed by atoms with Crippen molar-refractivity contribution in [1.29, 1.82) is 0 Å². The van der Waals surface area contributed by atoms with Gasteiger partial charge in [-0.1, -0.05) is 6.07 Å². The highest BCUT2D eigenvalue weighted by molar-refractivity contribution is 6.00. The second-order valence-corrected chi connectivity index (χ2v) is 13.9. The van der Waals surface area contributed by atoms with Gasteiger partial charge in [0.05, 0.1) is 35.1 Å². The predicted molar refractivity (Wildman–Crippen MR) is 184 cm³/mol. The Bertz CT molecular complexity index is 2380. The summed E-state index contributed by atoms with van der Waals surface area (Å²) in [5.74, 6) is 2.27. The van der Waals surface area contributed by atoms with Gasteiger partial charge >= 0.3 is 0 Å². The average Bonchev–Trinajstić information content (AvgIpc) is 3.50. The Morgan fingerprint density at radius 3 is 2.65 bits per heavy atom. The number of methoxy groups -OCH3 is 1. The molecule has 1 amide bonds. The number of piperidine rings is 1. The Hall–Kier alpha value is -5.16. The lowest BCUT2D eigenvalue weighted by Gasteiger charge is -2.27. The van der Waals surface area contributed by atoms with Crippen molar-refractivity contribution < 1.29 is 14.6 Å². The van der Waals surface area contributed by atoms with Crippen molar-refractivity contribution >= 4 is 38.9 Å². The summed E-state index contributed by atoms with van der Waals surface area (Å²) in [5.41, 5.74) is 12.5. The number of hydrogen-bond donors (Lipinski definition) is 3. The zero-order valence-corrected chi connectivity index (χ0v) is 27.2. The number of rotatable bonds is 6. The lowest BCUT2D eigenvalue weighted by Crippen LogP contribution is -2.41. The van der Waals surface area contributed by atoms with E-state index in [4.69, 9.17) is 20.4 Å². The number of H-pyrrole nitrogens is 1. The lowest BCUT2D eigenvalue weighted by molar-refractivity contribution is 0.0700. The van der Waals surface area contributed by atoms with E-state index in [0.717, 1.165) is 58.7 Å². The minimum atomic E-state index is -0.303. The summed E-state index contributed by atoms with van der Waals surface area (Å²) < 4.78 is 10.2. The molecule has 2 bridgehead atoms. The van der Waals surface area contributed by atoms with E-state index < -0.39 is 0 Å². The van der Waals surface area contributed by atoms with Crippen LogP contribution in [-0.4, -0.2) is 65.7 Å². The number of aromatic amines is 1. The number of aromatic hydroxyl groups is 1. The highest BCUT2D eigenvalue weighted by atomic mass is 16.5. The Balaban J connectivity index is 1.15. The van der Waals surface area contributed by atoms with Crippen molar-refractivity contribution in [3.8, 4) is 34.3 Å². The number of fused-ring (bicyclic) bond motifs is 5. The number of imidazole rings is 1. The SMILES string of the molecule is COc1cc(C(=O)N2C[C@H]3CC[C@@H]2[C@@H]3N)cc2nc(-c3cc4ccc(-c5ccc6[nH]c(=O)c(C)c(O)c6c5)nc4n3CC3CC3)n(C)c12. The smallest absolute Gasteiger partial charge is 0.255 e. The van der Waals surface area contributed by atoms with Crippen LogP contribution in [0.3, 0.4) is 0 Å². The lowest BCUT2D eigenvalue weighted by atomic mass is 10.1. The number of likely N-dealkylation sites (tertiary alicyclic amines) is 1. The van der Waals surface area contributed by atoms with Gasteiger partial charge in [-0.25, -0.2) is 9.97 Å². The van der Waals surface area contributed by atoms with Crippen LogP contribution in [-0.2, 0) is 13.6 Å². The molecule has 3 fully saturated rings. The number of benzene rings is 2. The van der Waals surface area contributed by atoms with E-state index in [1.807, 2.05) is 46.8 Å². The molecule has 3 aliphatic rings. The van der Waals surface area contributed by atoms with Crippen LogP contribution in [0.2, 0.25) is 0 Å². The first-order valence-electron chi connectivity index (χ1n) is 16.7. The van der Waals surface area contributed by atoms with Crippen LogP contribution >= 0.6 is 0 Å². The maximum absolute atomic E-state index is 13.8. The van der Waals surface area contributed by atoms with Gasteiger partial charge < -0.3 is 34.6 Å². The normalized spacial score (nSPS) is 20.5. The Morgan fingerprint density at radius 2 is 1.92 bits per heavy atom. The summed E-state index contributed by atoms with van der Waals surface area (Å²) in [6, 6.07) is 15.6. The van der Waals surface area contributed by atoms with Crippen molar-refractivity contribution in [1.82, 2.24) is 29.0 Å². The van der Waals surface area contributed by atoms with Gasteiger partial charge in [-0.3, -0.25) is 9.59 Å². The van der Waals surface area contributed by atoms with Crippen LogP contribution in [0.4, 0.5) is 0 Å². The highest BCUT2D eigenvalue weighted by Gasteiger charge is 2.47. The largest absolute Gasteiger partial charge is 0.507 e. The fraction of sp³-hybridized carbons (Fsp3) is 0.351. The van der Waals surface area contributed by atoms with E-state index in [1.165, 1.54) is 12.8 Å². The molecule has 4 N–H and O–H groups in total. The molecular formula is C37H37N7O4. The molecule has 6 aromatic rings. The van der Waals surface area contributed by atoms with Gasteiger partial charge in [0.15, 0.2) is 5.82 Å². The zero-order chi connectivity index (χ0) is 33.0. The fourth-order valence-corrected chi connectivity index (χ4v) is 8.02. The van der Waals surface area contributed by atoms with Crippen molar-refractivity contribution in [3.63, 3.8) is 0 Å².